The highest BCUT2D eigenvalue weighted by molar-refractivity contribution is 5.75. The molecule has 3 rings (SSSR count). The van der Waals surface area contributed by atoms with Gasteiger partial charge in [0, 0.05) is 18.3 Å². The zero-order valence-electron chi connectivity index (χ0n) is 14.8. The van der Waals surface area contributed by atoms with Crippen LogP contribution in [0.2, 0.25) is 0 Å². The van der Waals surface area contributed by atoms with Crippen molar-refractivity contribution in [1.29, 1.82) is 0 Å². The van der Waals surface area contributed by atoms with Gasteiger partial charge in [0.05, 0.1) is 0 Å². The molecule has 0 bridgehead atoms. The Bertz CT molecular complexity index is 742. The topological polar surface area (TPSA) is 15.3 Å². The van der Waals surface area contributed by atoms with Crippen molar-refractivity contribution in [2.75, 3.05) is 26.0 Å². The number of nitrogens with one attached hydrogen (secondary N) is 1. The molecule has 2 aromatic carbocycles. The first-order chi connectivity index (χ1) is 11.6. The molecule has 1 N–H and O–H groups in total. The van der Waals surface area contributed by atoms with Crippen molar-refractivity contribution in [3.63, 3.8) is 0 Å². The average molecular weight is 318 g/mol. The summed E-state index contributed by atoms with van der Waals surface area (Å²) in [6.07, 6.45) is 5.73. The Labute approximate surface area is 145 Å². The summed E-state index contributed by atoms with van der Waals surface area (Å²) >= 11 is 0. The van der Waals surface area contributed by atoms with Crippen LogP contribution in [0.5, 0.6) is 0 Å². The van der Waals surface area contributed by atoms with Crippen LogP contribution < -0.4 is 5.32 Å². The van der Waals surface area contributed by atoms with E-state index in [-0.39, 0.29) is 6.04 Å². The van der Waals surface area contributed by atoms with Crippen LogP contribution in [0.25, 0.3) is 5.57 Å². The number of hydrogen-bond acceptors (Lipinski definition) is 2. The van der Waals surface area contributed by atoms with Crippen LogP contribution in [0, 0.1) is 0 Å². The van der Waals surface area contributed by atoms with Crippen molar-refractivity contribution < 1.29 is 0 Å². The molecule has 0 aliphatic heterocycles. The fraction of sp³-hybridized carbons (Fsp3) is 0.273. The van der Waals surface area contributed by atoms with E-state index in [9.17, 15) is 0 Å². The van der Waals surface area contributed by atoms with Crippen molar-refractivity contribution >= 4 is 11.3 Å². The molecule has 0 spiro atoms. The highest BCUT2D eigenvalue weighted by atomic mass is 15.0. The summed E-state index contributed by atoms with van der Waals surface area (Å²) in [6, 6.07) is 19.4. The first-order valence-corrected chi connectivity index (χ1v) is 8.58. The van der Waals surface area contributed by atoms with E-state index < -0.39 is 0 Å². The fourth-order valence-electron chi connectivity index (χ4n) is 3.27. The molecule has 0 saturated carbocycles. The van der Waals surface area contributed by atoms with Crippen LogP contribution in [-0.4, -0.2) is 25.5 Å². The molecular formula is C22H26N2. The monoisotopic (exact) mass is 318 g/mol. The van der Waals surface area contributed by atoms with Crippen molar-refractivity contribution in [1.82, 2.24) is 4.90 Å². The van der Waals surface area contributed by atoms with Gasteiger partial charge in [0.1, 0.15) is 0 Å². The van der Waals surface area contributed by atoms with Gasteiger partial charge in [0.2, 0.25) is 0 Å². The zero-order valence-corrected chi connectivity index (χ0v) is 14.8. The molecule has 0 fully saturated rings. The lowest BCUT2D eigenvalue weighted by atomic mass is 9.94. The average Bonchev–Trinajstić information content (AvgIpc) is 3.03. The van der Waals surface area contributed by atoms with Crippen LogP contribution in [0.15, 0.2) is 72.3 Å². The van der Waals surface area contributed by atoms with Crippen molar-refractivity contribution in [3.8, 4) is 0 Å². The molecule has 0 radical (unpaired) electrons. The maximum absolute atomic E-state index is 3.61. The molecule has 1 aliphatic rings. The predicted molar refractivity (Wildman–Crippen MR) is 104 cm³/mol. The molecule has 0 aromatic heterocycles. The van der Waals surface area contributed by atoms with Crippen molar-refractivity contribution in [2.24, 2.45) is 0 Å². The molecular weight excluding hydrogens is 292 g/mol. The molecule has 1 atom stereocenters. The summed E-state index contributed by atoms with van der Waals surface area (Å²) in [5.41, 5.74) is 6.70. The van der Waals surface area contributed by atoms with Gasteiger partial charge in [-0.1, -0.05) is 54.6 Å². The normalized spacial score (nSPS) is 15.2. The van der Waals surface area contributed by atoms with Gasteiger partial charge >= 0.3 is 0 Å². The Morgan fingerprint density at radius 2 is 1.71 bits per heavy atom. The highest BCUT2D eigenvalue weighted by Gasteiger charge is 2.16. The first-order valence-electron chi connectivity index (χ1n) is 8.58. The quantitative estimate of drug-likeness (QED) is 0.794. The highest BCUT2D eigenvalue weighted by Crippen LogP contribution is 2.33. The van der Waals surface area contributed by atoms with E-state index in [4.69, 9.17) is 0 Å². The Balaban J connectivity index is 1.81. The van der Waals surface area contributed by atoms with Gasteiger partial charge in [-0.25, -0.2) is 0 Å². The second-order valence-corrected chi connectivity index (χ2v) is 6.71. The minimum atomic E-state index is 0.266. The smallest absolute Gasteiger partial charge is 0.0491 e. The predicted octanol–water partition coefficient (Wildman–Crippen LogP) is 5.13. The molecule has 1 aliphatic carbocycles. The number of rotatable bonds is 6. The van der Waals surface area contributed by atoms with E-state index in [1.807, 2.05) is 6.07 Å². The minimum Gasteiger partial charge on any atom is -0.378 e. The lowest BCUT2D eigenvalue weighted by Crippen LogP contribution is -2.13. The molecule has 0 heterocycles. The minimum absolute atomic E-state index is 0.266. The number of allylic oxidation sites excluding steroid dienone is 2. The number of anilines is 1. The van der Waals surface area contributed by atoms with E-state index >= 15 is 0 Å². The van der Waals surface area contributed by atoms with Crippen molar-refractivity contribution in [2.45, 2.75) is 19.4 Å². The molecule has 24 heavy (non-hydrogen) atoms. The van der Waals surface area contributed by atoms with E-state index in [1.54, 1.807) is 0 Å². The Morgan fingerprint density at radius 1 is 1.00 bits per heavy atom. The van der Waals surface area contributed by atoms with Gasteiger partial charge in [0.25, 0.3) is 0 Å². The Kier molecular flexibility index (Phi) is 5.17. The van der Waals surface area contributed by atoms with Crippen LogP contribution in [0.4, 0.5) is 5.69 Å². The second kappa shape index (κ2) is 7.50. The SMILES string of the molecule is CC(Nc1ccccc1)c1ccccc1C1=CC(CN(C)C)=CC1. The fourth-order valence-corrected chi connectivity index (χ4v) is 3.27. The molecule has 124 valence electrons. The summed E-state index contributed by atoms with van der Waals surface area (Å²) < 4.78 is 0. The van der Waals surface area contributed by atoms with Crippen LogP contribution in [0.3, 0.4) is 0 Å². The summed E-state index contributed by atoms with van der Waals surface area (Å²) in [6.45, 7) is 3.24. The molecule has 0 amide bonds. The van der Waals surface area contributed by atoms with E-state index in [2.05, 4.69) is 91.9 Å². The maximum Gasteiger partial charge on any atom is 0.0491 e. The molecule has 0 saturated heterocycles. The third-order valence-electron chi connectivity index (χ3n) is 4.37. The molecule has 2 nitrogen and oxygen atoms in total. The summed E-state index contributed by atoms with van der Waals surface area (Å²) in [4.78, 5) is 2.22. The first kappa shape index (κ1) is 16.5. The third kappa shape index (κ3) is 3.95. The van der Waals surface area contributed by atoms with Gasteiger partial charge in [-0.3, -0.25) is 0 Å². The van der Waals surface area contributed by atoms with Gasteiger partial charge in [0.15, 0.2) is 0 Å². The third-order valence-corrected chi connectivity index (χ3v) is 4.37. The van der Waals surface area contributed by atoms with Gasteiger partial charge in [-0.05, 0) is 61.8 Å². The molecule has 1 unspecified atom stereocenters. The lowest BCUT2D eigenvalue weighted by Gasteiger charge is -2.20. The van der Waals surface area contributed by atoms with Crippen LogP contribution in [-0.2, 0) is 0 Å². The number of hydrogen-bond donors (Lipinski definition) is 1. The largest absolute Gasteiger partial charge is 0.378 e. The van der Waals surface area contributed by atoms with Gasteiger partial charge in [-0.15, -0.1) is 0 Å². The molecule has 2 aromatic rings. The van der Waals surface area contributed by atoms with Gasteiger partial charge in [-0.2, -0.15) is 0 Å². The van der Waals surface area contributed by atoms with E-state index in [0.29, 0.717) is 0 Å². The van der Waals surface area contributed by atoms with Crippen molar-refractivity contribution in [3.05, 3.63) is 83.4 Å². The number of para-hydroxylation sites is 1. The lowest BCUT2D eigenvalue weighted by molar-refractivity contribution is 0.449. The zero-order chi connectivity index (χ0) is 16.9. The number of likely N-dealkylation sites (N-methyl/N-ethyl adjacent to an activating group) is 1. The Hall–Kier alpha value is -2.32. The van der Waals surface area contributed by atoms with E-state index in [0.717, 1.165) is 18.7 Å². The number of benzene rings is 2. The Morgan fingerprint density at radius 3 is 2.46 bits per heavy atom. The maximum atomic E-state index is 3.61. The second-order valence-electron chi connectivity index (χ2n) is 6.71. The summed E-state index contributed by atoms with van der Waals surface area (Å²) in [5.74, 6) is 0. The molecule has 2 heteroatoms. The van der Waals surface area contributed by atoms with E-state index in [1.165, 1.54) is 22.3 Å². The summed E-state index contributed by atoms with van der Waals surface area (Å²) in [5, 5.41) is 3.61. The van der Waals surface area contributed by atoms with Crippen LogP contribution in [0.1, 0.15) is 30.5 Å². The summed E-state index contributed by atoms with van der Waals surface area (Å²) in [7, 11) is 4.24. The van der Waals surface area contributed by atoms with Gasteiger partial charge < -0.3 is 10.2 Å². The standard InChI is InChI=1S/C22H26N2/c1-17(23-20-9-5-4-6-10-20)21-11-7-8-12-22(21)19-14-13-18(15-19)16-24(2)3/h4-13,15,17,23H,14,16H2,1-3H3. The van der Waals surface area contributed by atoms with Crippen LogP contribution >= 0.6 is 0 Å². The number of nitrogens with zero attached hydrogens (tertiary/aromatic N) is 1.